The minimum absolute atomic E-state index is 0.125. The van der Waals surface area contributed by atoms with E-state index in [9.17, 15) is 38.4 Å². The van der Waals surface area contributed by atoms with Gasteiger partial charge in [0.05, 0.1) is 12.1 Å². The van der Waals surface area contributed by atoms with Crippen LogP contribution in [0.2, 0.25) is 0 Å². The van der Waals surface area contributed by atoms with Crippen molar-refractivity contribution in [3.8, 4) is 0 Å². The first-order valence-corrected chi connectivity index (χ1v) is 13.8. The molecule has 0 aromatic rings. The van der Waals surface area contributed by atoms with Gasteiger partial charge in [0.25, 0.3) is 0 Å². The van der Waals surface area contributed by atoms with Crippen LogP contribution in [0.25, 0.3) is 0 Å². The Balaban J connectivity index is 3.09. The topological polar surface area (TPSA) is 263 Å². The molecule has 1 saturated heterocycles. The second-order valence-electron chi connectivity index (χ2n) is 10.3. The molecule has 0 saturated carbocycles. The summed E-state index contributed by atoms with van der Waals surface area (Å²) in [5, 5.41) is 34.2. The summed E-state index contributed by atoms with van der Waals surface area (Å²) in [6, 6.07) is -5.86. The van der Waals surface area contributed by atoms with Crippen molar-refractivity contribution < 1.29 is 53.7 Å². The van der Waals surface area contributed by atoms with Crippen molar-refractivity contribution in [1.29, 1.82) is 0 Å². The number of hydrogen-bond acceptors (Lipinski definition) is 9. The van der Waals surface area contributed by atoms with Gasteiger partial charge >= 0.3 is 17.9 Å². The summed E-state index contributed by atoms with van der Waals surface area (Å²) in [6.07, 6.45) is -0.350. The number of nitrogens with zero attached hydrogens (tertiary/aromatic N) is 1. The molecule has 0 aliphatic carbocycles. The maximum absolute atomic E-state index is 13.7. The summed E-state index contributed by atoms with van der Waals surface area (Å²) in [5.74, 6) is -6.96. The predicted molar refractivity (Wildman–Crippen MR) is 145 cm³/mol. The van der Waals surface area contributed by atoms with Gasteiger partial charge in [0.1, 0.15) is 24.4 Å². The first kappa shape index (κ1) is 35.9. The third-order valence-corrected chi connectivity index (χ3v) is 7.06. The van der Waals surface area contributed by atoms with Crippen molar-refractivity contribution in [2.24, 2.45) is 11.7 Å². The first-order chi connectivity index (χ1) is 19.7. The van der Waals surface area contributed by atoms with E-state index in [2.05, 4.69) is 16.0 Å². The van der Waals surface area contributed by atoms with Crippen LogP contribution in [0.5, 0.6) is 0 Å². The van der Waals surface area contributed by atoms with Crippen LogP contribution in [-0.4, -0.2) is 105 Å². The van der Waals surface area contributed by atoms with Crippen LogP contribution in [0.3, 0.4) is 0 Å². The quantitative estimate of drug-likeness (QED) is 0.0845. The highest BCUT2D eigenvalue weighted by Crippen LogP contribution is 2.22. The molecule has 1 heterocycles. The van der Waals surface area contributed by atoms with E-state index in [1.54, 1.807) is 13.8 Å². The Morgan fingerprint density at radius 2 is 1.45 bits per heavy atom. The normalized spacial score (nSPS) is 18.1. The first-order valence-electron chi connectivity index (χ1n) is 13.8. The molecule has 1 aliphatic rings. The second-order valence-corrected chi connectivity index (χ2v) is 10.3. The molecule has 16 heteroatoms. The van der Waals surface area contributed by atoms with Crippen molar-refractivity contribution in [1.82, 2.24) is 20.9 Å². The van der Waals surface area contributed by atoms with E-state index < -0.39 is 90.5 Å². The van der Waals surface area contributed by atoms with E-state index in [4.69, 9.17) is 21.1 Å². The number of nitrogens with one attached hydrogen (secondary N) is 3. The molecule has 0 spiro atoms. The van der Waals surface area contributed by atoms with Gasteiger partial charge in [-0.25, -0.2) is 0 Å². The van der Waals surface area contributed by atoms with Crippen LogP contribution in [0.15, 0.2) is 0 Å². The minimum atomic E-state index is -1.40. The van der Waals surface area contributed by atoms with Crippen LogP contribution in [-0.2, 0) is 38.4 Å². The van der Waals surface area contributed by atoms with Gasteiger partial charge in [-0.05, 0) is 38.0 Å². The molecular weight excluding hydrogens is 558 g/mol. The van der Waals surface area contributed by atoms with Crippen LogP contribution in [0.4, 0.5) is 0 Å². The van der Waals surface area contributed by atoms with Gasteiger partial charge in [-0.1, -0.05) is 20.3 Å². The Hall–Kier alpha value is -4.08. The number of aliphatic carboxylic acids is 3. The maximum Gasteiger partial charge on any atom is 0.303 e. The lowest BCUT2D eigenvalue weighted by molar-refractivity contribution is -0.143. The van der Waals surface area contributed by atoms with E-state index >= 15 is 0 Å². The van der Waals surface area contributed by atoms with Crippen LogP contribution < -0.4 is 21.7 Å². The van der Waals surface area contributed by atoms with Gasteiger partial charge in [-0.2, -0.15) is 0 Å². The van der Waals surface area contributed by atoms with E-state index in [-0.39, 0.29) is 38.6 Å². The molecule has 1 aliphatic heterocycles. The number of carboxylic acid groups (broad SMARTS) is 3. The fourth-order valence-corrected chi connectivity index (χ4v) is 4.38. The van der Waals surface area contributed by atoms with Crippen LogP contribution >= 0.6 is 0 Å². The molecule has 42 heavy (non-hydrogen) atoms. The lowest BCUT2D eigenvalue weighted by atomic mass is 9.96. The van der Waals surface area contributed by atoms with E-state index in [0.29, 0.717) is 19.1 Å². The van der Waals surface area contributed by atoms with Gasteiger partial charge in [-0.3, -0.25) is 33.6 Å². The highest BCUT2D eigenvalue weighted by atomic mass is 16.4. The molecule has 6 atom stereocenters. The zero-order valence-electron chi connectivity index (χ0n) is 23.7. The fourth-order valence-electron chi connectivity index (χ4n) is 4.38. The Bertz CT molecular complexity index is 1020. The van der Waals surface area contributed by atoms with E-state index in [0.717, 1.165) is 0 Å². The summed E-state index contributed by atoms with van der Waals surface area (Å²) < 4.78 is 0. The van der Waals surface area contributed by atoms with Gasteiger partial charge in [0.2, 0.25) is 23.6 Å². The van der Waals surface area contributed by atoms with Crippen molar-refractivity contribution in [3.63, 3.8) is 0 Å². The Morgan fingerprint density at radius 1 is 0.881 bits per heavy atom. The molecule has 0 radical (unpaired) electrons. The number of amides is 4. The number of carbonyl (C=O) groups is 8. The number of carbonyl (C=O) groups excluding carboxylic acids is 5. The zero-order valence-corrected chi connectivity index (χ0v) is 23.7. The number of aldehydes is 1. The highest BCUT2D eigenvalue weighted by molar-refractivity contribution is 5.95. The maximum atomic E-state index is 13.7. The molecule has 0 aromatic carbocycles. The van der Waals surface area contributed by atoms with Crippen LogP contribution in [0.1, 0.15) is 71.6 Å². The highest BCUT2D eigenvalue weighted by Gasteiger charge is 2.40. The average Bonchev–Trinajstić information content (AvgIpc) is 3.43. The van der Waals surface area contributed by atoms with Crippen molar-refractivity contribution in [2.75, 3.05) is 6.54 Å². The van der Waals surface area contributed by atoms with Crippen molar-refractivity contribution in [2.45, 2.75) is 102 Å². The average molecular weight is 600 g/mol. The SMILES string of the molecule is CC[C@H](C)[C@H](NC(=O)[C@H](CCC(=O)O)NC(=O)[C@@H](N)CCC(=O)O)C(=O)N1CCC[C@H]1C(=O)N[C@H](C=O)CCC(=O)O. The summed E-state index contributed by atoms with van der Waals surface area (Å²) >= 11 is 0. The number of carboxylic acids is 3. The second kappa shape index (κ2) is 17.7. The summed E-state index contributed by atoms with van der Waals surface area (Å²) in [6.45, 7) is 3.64. The number of likely N-dealkylation sites (tertiary alicyclic amines) is 1. The Morgan fingerprint density at radius 3 is 2.00 bits per heavy atom. The largest absolute Gasteiger partial charge is 0.481 e. The van der Waals surface area contributed by atoms with Gasteiger partial charge in [0.15, 0.2) is 0 Å². The lowest BCUT2D eigenvalue weighted by Crippen LogP contribution is -2.59. The smallest absolute Gasteiger partial charge is 0.303 e. The lowest BCUT2D eigenvalue weighted by Gasteiger charge is -2.32. The predicted octanol–water partition coefficient (Wildman–Crippen LogP) is -1.40. The Labute approximate surface area is 242 Å². The molecule has 1 fully saturated rings. The number of hydrogen-bond donors (Lipinski definition) is 7. The number of nitrogens with two attached hydrogens (primary N) is 1. The molecule has 0 unspecified atom stereocenters. The molecular formula is C26H41N5O11. The molecule has 0 aromatic heterocycles. The minimum Gasteiger partial charge on any atom is -0.481 e. The van der Waals surface area contributed by atoms with E-state index in [1.165, 1.54) is 4.90 Å². The van der Waals surface area contributed by atoms with Gasteiger partial charge < -0.3 is 46.7 Å². The molecule has 4 amide bonds. The monoisotopic (exact) mass is 599 g/mol. The summed E-state index contributed by atoms with van der Waals surface area (Å²) in [5.41, 5.74) is 5.72. The summed E-state index contributed by atoms with van der Waals surface area (Å²) in [7, 11) is 0. The molecule has 8 N–H and O–H groups in total. The fraction of sp³-hybridized carbons (Fsp3) is 0.692. The van der Waals surface area contributed by atoms with Crippen molar-refractivity contribution >= 4 is 47.8 Å². The zero-order chi connectivity index (χ0) is 32.0. The summed E-state index contributed by atoms with van der Waals surface area (Å²) in [4.78, 5) is 97.8. The Kier molecular flexibility index (Phi) is 15.1. The third-order valence-electron chi connectivity index (χ3n) is 7.06. The van der Waals surface area contributed by atoms with Crippen molar-refractivity contribution in [3.05, 3.63) is 0 Å². The third kappa shape index (κ3) is 11.8. The van der Waals surface area contributed by atoms with Crippen LogP contribution in [0, 0.1) is 5.92 Å². The molecule has 236 valence electrons. The van der Waals surface area contributed by atoms with E-state index in [1.807, 2.05) is 0 Å². The number of rotatable bonds is 19. The molecule has 1 rings (SSSR count). The molecule has 16 nitrogen and oxygen atoms in total. The standard InChI is InChI=1S/C26H41N5O11/c1-3-14(2)22(26(42)31-12-4-5-18(31)25(41)28-15(13-32)6-9-19(33)34)30-24(40)17(8-11-21(37)38)29-23(39)16(27)7-10-20(35)36/h13-18,22H,3-12,27H2,1-2H3,(H,28,41)(H,29,39)(H,30,40)(H,33,34)(H,35,36)(H,37,38)/t14-,15-,16-,17-,18-,22-/m0/s1. The molecule has 0 bridgehead atoms. The van der Waals surface area contributed by atoms with Gasteiger partial charge in [-0.15, -0.1) is 0 Å². The van der Waals surface area contributed by atoms with Gasteiger partial charge in [0, 0.05) is 25.8 Å².